The van der Waals surface area contributed by atoms with Gasteiger partial charge >= 0.3 is 11.9 Å². The molecule has 0 saturated carbocycles. The number of aromatic carboxylic acids is 1. The summed E-state index contributed by atoms with van der Waals surface area (Å²) in [4.78, 5) is 23.1. The average molecular weight is 308 g/mol. The van der Waals surface area contributed by atoms with Crippen molar-refractivity contribution in [2.45, 2.75) is 6.92 Å². The third-order valence-electron chi connectivity index (χ3n) is 2.78. The van der Waals surface area contributed by atoms with Crippen molar-refractivity contribution < 1.29 is 19.4 Å². The summed E-state index contributed by atoms with van der Waals surface area (Å²) in [5, 5.41) is 9.10. The molecule has 0 bridgehead atoms. The lowest BCUT2D eigenvalue weighted by Crippen LogP contribution is -2.12. The number of halogens is 1. The van der Waals surface area contributed by atoms with E-state index in [2.05, 4.69) is 0 Å². The van der Waals surface area contributed by atoms with Crippen molar-refractivity contribution >= 4 is 30.0 Å². The largest absolute Gasteiger partial charge is 0.478 e. The van der Waals surface area contributed by atoms with E-state index in [1.54, 1.807) is 31.2 Å². The molecular weight excluding hydrogens is 294 g/mol. The Hall–Kier alpha value is -2.53. The molecule has 110 valence electrons. The summed E-state index contributed by atoms with van der Waals surface area (Å²) in [6.07, 6.45) is 0. The Balaban J connectivity index is 0.00000220. The first-order chi connectivity index (χ1) is 9.49. The SMILES string of the molecule is Cc1cccc(C(=O)O)c1OC(=O)c1ccc(N)cc1.Cl. The second-order valence-corrected chi connectivity index (χ2v) is 4.27. The maximum atomic E-state index is 12.0. The fraction of sp³-hybridized carbons (Fsp3) is 0.0667. The van der Waals surface area contributed by atoms with Crippen LogP contribution in [0.2, 0.25) is 0 Å². The fourth-order valence-corrected chi connectivity index (χ4v) is 1.73. The van der Waals surface area contributed by atoms with E-state index in [-0.39, 0.29) is 23.7 Å². The van der Waals surface area contributed by atoms with E-state index in [9.17, 15) is 9.59 Å². The highest BCUT2D eigenvalue weighted by Gasteiger charge is 2.17. The lowest BCUT2D eigenvalue weighted by atomic mass is 10.1. The zero-order valence-electron chi connectivity index (χ0n) is 11.2. The minimum absolute atomic E-state index is 0. The van der Waals surface area contributed by atoms with E-state index in [0.717, 1.165) is 0 Å². The van der Waals surface area contributed by atoms with Gasteiger partial charge in [-0.25, -0.2) is 9.59 Å². The molecule has 0 aliphatic rings. The van der Waals surface area contributed by atoms with Crippen LogP contribution in [0.4, 0.5) is 5.69 Å². The van der Waals surface area contributed by atoms with Crippen molar-refractivity contribution in [3.05, 3.63) is 59.2 Å². The van der Waals surface area contributed by atoms with Crippen LogP contribution in [0.3, 0.4) is 0 Å². The first kappa shape index (κ1) is 16.5. The zero-order valence-corrected chi connectivity index (χ0v) is 12.0. The van der Waals surface area contributed by atoms with Crippen LogP contribution >= 0.6 is 12.4 Å². The number of esters is 1. The van der Waals surface area contributed by atoms with Crippen molar-refractivity contribution in [2.75, 3.05) is 5.73 Å². The van der Waals surface area contributed by atoms with Gasteiger partial charge in [0.2, 0.25) is 0 Å². The van der Waals surface area contributed by atoms with E-state index in [4.69, 9.17) is 15.6 Å². The molecule has 21 heavy (non-hydrogen) atoms. The molecular formula is C15H14ClNO4. The van der Waals surface area contributed by atoms with Crippen molar-refractivity contribution in [1.29, 1.82) is 0 Å². The van der Waals surface area contributed by atoms with Crippen LogP contribution < -0.4 is 10.5 Å². The van der Waals surface area contributed by atoms with Gasteiger partial charge in [0.15, 0.2) is 0 Å². The number of anilines is 1. The standard InChI is InChI=1S/C15H13NO4.ClH/c1-9-3-2-4-12(14(17)18)13(9)20-15(19)10-5-7-11(16)8-6-10;/h2-8H,16H2,1H3,(H,17,18);1H. The molecule has 0 saturated heterocycles. The molecule has 0 spiro atoms. The van der Waals surface area contributed by atoms with Gasteiger partial charge < -0.3 is 15.6 Å². The lowest BCUT2D eigenvalue weighted by molar-refractivity contribution is 0.0681. The molecule has 5 nitrogen and oxygen atoms in total. The van der Waals surface area contributed by atoms with Crippen LogP contribution in [0.1, 0.15) is 26.3 Å². The monoisotopic (exact) mass is 307 g/mol. The summed E-state index contributed by atoms with van der Waals surface area (Å²) in [5.41, 5.74) is 6.90. The minimum Gasteiger partial charge on any atom is -0.478 e. The number of ether oxygens (including phenoxy) is 1. The first-order valence-corrected chi connectivity index (χ1v) is 5.89. The number of carboxylic acids is 1. The van der Waals surface area contributed by atoms with Gasteiger partial charge in [0.05, 0.1) is 5.56 Å². The second-order valence-electron chi connectivity index (χ2n) is 4.27. The van der Waals surface area contributed by atoms with Gasteiger partial charge in [-0.3, -0.25) is 0 Å². The van der Waals surface area contributed by atoms with Crippen LogP contribution in [-0.4, -0.2) is 17.0 Å². The number of carbonyl (C=O) groups excluding carboxylic acids is 1. The predicted octanol–water partition coefficient (Wildman–Crippen LogP) is 2.92. The quantitative estimate of drug-likeness (QED) is 0.517. The lowest BCUT2D eigenvalue weighted by Gasteiger charge is -2.10. The molecule has 2 aromatic rings. The zero-order chi connectivity index (χ0) is 14.7. The number of hydrogen-bond acceptors (Lipinski definition) is 4. The van der Waals surface area contributed by atoms with Crippen molar-refractivity contribution in [1.82, 2.24) is 0 Å². The number of carbonyl (C=O) groups is 2. The van der Waals surface area contributed by atoms with Gasteiger partial charge in [0.25, 0.3) is 0 Å². The van der Waals surface area contributed by atoms with Crippen LogP contribution in [0, 0.1) is 6.92 Å². The molecule has 3 N–H and O–H groups in total. The number of benzene rings is 2. The van der Waals surface area contributed by atoms with Crippen LogP contribution in [0.15, 0.2) is 42.5 Å². The van der Waals surface area contributed by atoms with Crippen molar-refractivity contribution in [2.24, 2.45) is 0 Å². The van der Waals surface area contributed by atoms with Gasteiger partial charge in [-0.1, -0.05) is 12.1 Å². The molecule has 0 fully saturated rings. The summed E-state index contributed by atoms with van der Waals surface area (Å²) >= 11 is 0. The van der Waals surface area contributed by atoms with E-state index in [0.29, 0.717) is 16.8 Å². The normalized spacial score (nSPS) is 9.57. The van der Waals surface area contributed by atoms with Crippen molar-refractivity contribution in [3.63, 3.8) is 0 Å². The maximum absolute atomic E-state index is 12.0. The summed E-state index contributed by atoms with van der Waals surface area (Å²) in [7, 11) is 0. The van der Waals surface area contributed by atoms with Gasteiger partial charge in [-0.05, 0) is 42.8 Å². The van der Waals surface area contributed by atoms with Gasteiger partial charge in [0.1, 0.15) is 11.3 Å². The fourth-order valence-electron chi connectivity index (χ4n) is 1.73. The summed E-state index contributed by atoms with van der Waals surface area (Å²) in [6.45, 7) is 1.68. The first-order valence-electron chi connectivity index (χ1n) is 5.89. The Labute approximate surface area is 127 Å². The minimum atomic E-state index is -1.14. The summed E-state index contributed by atoms with van der Waals surface area (Å²) in [6, 6.07) is 10.9. The molecule has 0 atom stereocenters. The smallest absolute Gasteiger partial charge is 0.343 e. The molecule has 2 rings (SSSR count). The molecule has 0 unspecified atom stereocenters. The Morgan fingerprint density at radius 2 is 1.71 bits per heavy atom. The van der Waals surface area contributed by atoms with Gasteiger partial charge in [0, 0.05) is 5.69 Å². The molecule has 2 aromatic carbocycles. The second kappa shape index (κ2) is 6.76. The average Bonchev–Trinajstić information content (AvgIpc) is 2.41. The van der Waals surface area contributed by atoms with E-state index < -0.39 is 11.9 Å². The van der Waals surface area contributed by atoms with Crippen LogP contribution in [-0.2, 0) is 0 Å². The molecule has 0 aliphatic heterocycles. The van der Waals surface area contributed by atoms with Crippen LogP contribution in [0.5, 0.6) is 5.75 Å². The Bertz CT molecular complexity index is 668. The van der Waals surface area contributed by atoms with E-state index in [1.165, 1.54) is 18.2 Å². The third kappa shape index (κ3) is 3.73. The Morgan fingerprint density at radius 3 is 2.29 bits per heavy atom. The third-order valence-corrected chi connectivity index (χ3v) is 2.78. The van der Waals surface area contributed by atoms with E-state index in [1.807, 2.05) is 0 Å². The number of hydrogen-bond donors (Lipinski definition) is 2. The summed E-state index contributed by atoms with van der Waals surface area (Å²) < 4.78 is 5.20. The molecule has 0 radical (unpaired) electrons. The molecule has 0 amide bonds. The topological polar surface area (TPSA) is 89.6 Å². The summed E-state index contributed by atoms with van der Waals surface area (Å²) in [5.74, 6) is -1.71. The molecule has 0 heterocycles. The highest BCUT2D eigenvalue weighted by atomic mass is 35.5. The number of aryl methyl sites for hydroxylation is 1. The number of para-hydroxylation sites is 1. The number of nitrogen functional groups attached to an aromatic ring is 1. The Kier molecular flexibility index (Phi) is 5.32. The molecule has 0 aromatic heterocycles. The number of carboxylic acid groups (broad SMARTS) is 1. The molecule has 6 heteroatoms. The van der Waals surface area contributed by atoms with Gasteiger partial charge in [-0.2, -0.15) is 0 Å². The highest BCUT2D eigenvalue weighted by molar-refractivity contribution is 5.96. The Morgan fingerprint density at radius 1 is 1.10 bits per heavy atom. The predicted molar refractivity (Wildman–Crippen MR) is 81.2 cm³/mol. The molecule has 0 aliphatic carbocycles. The maximum Gasteiger partial charge on any atom is 0.343 e. The van der Waals surface area contributed by atoms with Crippen molar-refractivity contribution in [3.8, 4) is 5.75 Å². The van der Waals surface area contributed by atoms with Crippen LogP contribution in [0.25, 0.3) is 0 Å². The highest BCUT2D eigenvalue weighted by Crippen LogP contribution is 2.24. The van der Waals surface area contributed by atoms with E-state index >= 15 is 0 Å². The number of nitrogens with two attached hydrogens (primary N) is 1. The van der Waals surface area contributed by atoms with Gasteiger partial charge in [-0.15, -0.1) is 12.4 Å². The number of rotatable bonds is 3.